The summed E-state index contributed by atoms with van der Waals surface area (Å²) in [6.07, 6.45) is 0.288. The summed E-state index contributed by atoms with van der Waals surface area (Å²) in [7, 11) is 4.50. The SMILES string of the molecule is COc1cc(OC)c(C(=O)Nc2ccc(CC(=O)NC(C)C)cc2)cc1OC. The fraction of sp³-hybridized carbons (Fsp3) is 0.333. The summed E-state index contributed by atoms with van der Waals surface area (Å²) in [5.74, 6) is 0.891. The number of carbonyl (C=O) groups excluding carboxylic acids is 2. The summed E-state index contributed by atoms with van der Waals surface area (Å²) in [5, 5.41) is 5.67. The molecular weight excluding hydrogens is 360 g/mol. The predicted octanol–water partition coefficient (Wildman–Crippen LogP) is 3.03. The number of anilines is 1. The summed E-state index contributed by atoms with van der Waals surface area (Å²) in [5.41, 5.74) is 1.79. The monoisotopic (exact) mass is 386 g/mol. The van der Waals surface area contributed by atoms with Crippen molar-refractivity contribution in [3.05, 3.63) is 47.5 Å². The molecule has 0 radical (unpaired) electrons. The van der Waals surface area contributed by atoms with Gasteiger partial charge in [0.2, 0.25) is 5.91 Å². The first-order valence-corrected chi connectivity index (χ1v) is 8.87. The molecule has 2 N–H and O–H groups in total. The molecule has 0 aromatic heterocycles. The Kier molecular flexibility index (Phi) is 7.26. The topological polar surface area (TPSA) is 85.9 Å². The molecule has 0 aliphatic heterocycles. The van der Waals surface area contributed by atoms with Crippen molar-refractivity contribution >= 4 is 17.5 Å². The Morgan fingerprint density at radius 1 is 0.893 bits per heavy atom. The van der Waals surface area contributed by atoms with Crippen LogP contribution in [0.1, 0.15) is 29.8 Å². The quantitative estimate of drug-likeness (QED) is 0.728. The minimum absolute atomic E-state index is 0.0400. The maximum Gasteiger partial charge on any atom is 0.259 e. The van der Waals surface area contributed by atoms with E-state index in [1.807, 2.05) is 13.8 Å². The van der Waals surface area contributed by atoms with Crippen molar-refractivity contribution in [2.45, 2.75) is 26.3 Å². The molecule has 2 aromatic rings. The molecule has 0 heterocycles. The van der Waals surface area contributed by atoms with Crippen LogP contribution in [-0.4, -0.2) is 39.2 Å². The lowest BCUT2D eigenvalue weighted by Gasteiger charge is -2.14. The molecular formula is C21H26N2O5. The molecule has 0 aliphatic rings. The van der Waals surface area contributed by atoms with Crippen molar-refractivity contribution in [1.29, 1.82) is 0 Å². The fourth-order valence-electron chi connectivity index (χ4n) is 2.67. The molecule has 7 heteroatoms. The molecule has 150 valence electrons. The third-order valence-corrected chi connectivity index (χ3v) is 3.98. The number of benzene rings is 2. The van der Waals surface area contributed by atoms with Gasteiger partial charge >= 0.3 is 0 Å². The summed E-state index contributed by atoms with van der Waals surface area (Å²) < 4.78 is 15.8. The third kappa shape index (κ3) is 5.39. The van der Waals surface area contributed by atoms with Crippen LogP contribution in [0.25, 0.3) is 0 Å². The number of methoxy groups -OCH3 is 3. The normalized spacial score (nSPS) is 10.4. The van der Waals surface area contributed by atoms with Gasteiger partial charge in [0.05, 0.1) is 33.3 Å². The van der Waals surface area contributed by atoms with Crippen LogP contribution in [0, 0.1) is 0 Å². The Bertz CT molecular complexity index is 831. The van der Waals surface area contributed by atoms with E-state index in [9.17, 15) is 9.59 Å². The second-order valence-electron chi connectivity index (χ2n) is 6.46. The summed E-state index contributed by atoms with van der Waals surface area (Å²) in [6.45, 7) is 3.83. The van der Waals surface area contributed by atoms with Gasteiger partial charge < -0.3 is 24.8 Å². The molecule has 0 fully saturated rings. The zero-order chi connectivity index (χ0) is 20.7. The van der Waals surface area contributed by atoms with E-state index in [0.29, 0.717) is 28.5 Å². The molecule has 2 aromatic carbocycles. The van der Waals surface area contributed by atoms with Gasteiger partial charge in [-0.15, -0.1) is 0 Å². The molecule has 0 spiro atoms. The Balaban J connectivity index is 2.13. The smallest absolute Gasteiger partial charge is 0.259 e. The van der Waals surface area contributed by atoms with Crippen LogP contribution in [0.2, 0.25) is 0 Å². The number of rotatable bonds is 8. The number of amides is 2. The van der Waals surface area contributed by atoms with Gasteiger partial charge in [-0.05, 0) is 31.5 Å². The van der Waals surface area contributed by atoms with Gasteiger partial charge in [0.15, 0.2) is 11.5 Å². The van der Waals surface area contributed by atoms with Crippen molar-refractivity contribution in [2.24, 2.45) is 0 Å². The predicted molar refractivity (Wildman–Crippen MR) is 107 cm³/mol. The third-order valence-electron chi connectivity index (χ3n) is 3.98. The Morgan fingerprint density at radius 3 is 2.00 bits per heavy atom. The average Bonchev–Trinajstić information content (AvgIpc) is 2.67. The van der Waals surface area contributed by atoms with Crippen LogP contribution >= 0.6 is 0 Å². The highest BCUT2D eigenvalue weighted by molar-refractivity contribution is 6.06. The van der Waals surface area contributed by atoms with Crippen molar-refractivity contribution in [2.75, 3.05) is 26.6 Å². The van der Waals surface area contributed by atoms with Gasteiger partial charge in [0.25, 0.3) is 5.91 Å². The van der Waals surface area contributed by atoms with Gasteiger partial charge in [-0.1, -0.05) is 12.1 Å². The van der Waals surface area contributed by atoms with Crippen molar-refractivity contribution in [3.63, 3.8) is 0 Å². The summed E-state index contributed by atoms with van der Waals surface area (Å²) in [6, 6.07) is 10.4. The van der Waals surface area contributed by atoms with Crippen LogP contribution in [0.15, 0.2) is 36.4 Å². The van der Waals surface area contributed by atoms with E-state index in [2.05, 4.69) is 10.6 Å². The molecule has 0 saturated heterocycles. The number of carbonyl (C=O) groups is 2. The largest absolute Gasteiger partial charge is 0.496 e. The van der Waals surface area contributed by atoms with Gasteiger partial charge in [0.1, 0.15) is 5.75 Å². The minimum Gasteiger partial charge on any atom is -0.496 e. The van der Waals surface area contributed by atoms with Gasteiger partial charge in [-0.3, -0.25) is 9.59 Å². The van der Waals surface area contributed by atoms with Gasteiger partial charge in [0, 0.05) is 23.9 Å². The lowest BCUT2D eigenvalue weighted by Crippen LogP contribution is -2.31. The van der Waals surface area contributed by atoms with Gasteiger partial charge in [-0.25, -0.2) is 0 Å². The Labute approximate surface area is 165 Å². The number of nitrogens with one attached hydrogen (secondary N) is 2. The van der Waals surface area contributed by atoms with Crippen molar-refractivity contribution in [1.82, 2.24) is 5.32 Å². The zero-order valence-corrected chi connectivity index (χ0v) is 16.8. The highest BCUT2D eigenvalue weighted by atomic mass is 16.5. The second-order valence-corrected chi connectivity index (χ2v) is 6.46. The molecule has 0 bridgehead atoms. The summed E-state index contributed by atoms with van der Waals surface area (Å²) in [4.78, 5) is 24.5. The van der Waals surface area contributed by atoms with E-state index >= 15 is 0 Å². The Hall–Kier alpha value is -3.22. The lowest BCUT2D eigenvalue weighted by molar-refractivity contribution is -0.120. The van der Waals surface area contributed by atoms with Crippen molar-refractivity contribution in [3.8, 4) is 17.2 Å². The molecule has 0 saturated carbocycles. The first-order chi connectivity index (χ1) is 13.4. The molecule has 0 aliphatic carbocycles. The van der Waals surface area contributed by atoms with Crippen LogP contribution in [0.3, 0.4) is 0 Å². The second kappa shape index (κ2) is 9.64. The van der Waals surface area contributed by atoms with E-state index < -0.39 is 0 Å². The zero-order valence-electron chi connectivity index (χ0n) is 16.8. The summed E-state index contributed by atoms with van der Waals surface area (Å²) >= 11 is 0. The fourth-order valence-corrected chi connectivity index (χ4v) is 2.67. The molecule has 0 atom stereocenters. The maximum absolute atomic E-state index is 12.7. The average molecular weight is 386 g/mol. The van der Waals surface area contributed by atoms with Crippen LogP contribution < -0.4 is 24.8 Å². The molecule has 7 nitrogen and oxygen atoms in total. The van der Waals surface area contributed by atoms with E-state index in [1.54, 1.807) is 36.4 Å². The molecule has 28 heavy (non-hydrogen) atoms. The van der Waals surface area contributed by atoms with E-state index in [0.717, 1.165) is 5.56 Å². The molecule has 2 amide bonds. The van der Waals surface area contributed by atoms with E-state index in [1.165, 1.54) is 21.3 Å². The van der Waals surface area contributed by atoms with Crippen LogP contribution in [0.4, 0.5) is 5.69 Å². The molecule has 2 rings (SSSR count). The number of ether oxygens (including phenoxy) is 3. The minimum atomic E-state index is -0.344. The highest BCUT2D eigenvalue weighted by Gasteiger charge is 2.18. The van der Waals surface area contributed by atoms with Crippen LogP contribution in [0.5, 0.6) is 17.2 Å². The van der Waals surface area contributed by atoms with E-state index in [-0.39, 0.29) is 24.3 Å². The molecule has 0 unspecified atom stereocenters. The number of hydrogen-bond donors (Lipinski definition) is 2. The van der Waals surface area contributed by atoms with E-state index in [4.69, 9.17) is 14.2 Å². The van der Waals surface area contributed by atoms with Crippen LogP contribution in [-0.2, 0) is 11.2 Å². The van der Waals surface area contributed by atoms with Crippen molar-refractivity contribution < 1.29 is 23.8 Å². The standard InChI is InChI=1S/C21H26N2O5/c1-13(2)22-20(24)10-14-6-8-15(9-7-14)23-21(25)16-11-18(27-4)19(28-5)12-17(16)26-3/h6-9,11-13H,10H2,1-5H3,(H,22,24)(H,23,25). The van der Waals surface area contributed by atoms with Gasteiger partial charge in [-0.2, -0.15) is 0 Å². The maximum atomic E-state index is 12.7. The first kappa shape index (κ1) is 21.1. The number of hydrogen-bond acceptors (Lipinski definition) is 5. The highest BCUT2D eigenvalue weighted by Crippen LogP contribution is 2.34. The first-order valence-electron chi connectivity index (χ1n) is 8.87. The Morgan fingerprint density at radius 2 is 1.46 bits per heavy atom. The lowest BCUT2D eigenvalue weighted by atomic mass is 10.1.